The minimum absolute atomic E-state index is 0.342. The maximum absolute atomic E-state index is 6.09. The molecule has 1 aromatic rings. The molecule has 0 fully saturated rings. The summed E-state index contributed by atoms with van der Waals surface area (Å²) in [7, 11) is -1.42. The molecular formula is C14H21NOSi. The van der Waals surface area contributed by atoms with E-state index >= 15 is 0 Å². The first-order valence-corrected chi connectivity index (χ1v) is 9.72. The van der Waals surface area contributed by atoms with Crippen molar-refractivity contribution >= 4 is 14.0 Å². The van der Waals surface area contributed by atoms with Gasteiger partial charge in [-0.2, -0.15) is 0 Å². The van der Waals surface area contributed by atoms with Crippen molar-refractivity contribution in [2.24, 2.45) is 4.99 Å². The second-order valence-electron chi connectivity index (χ2n) is 5.54. The molecule has 0 aliphatic carbocycles. The molecule has 0 saturated carbocycles. The van der Waals surface area contributed by atoms with E-state index in [1.807, 2.05) is 6.07 Å². The van der Waals surface area contributed by atoms with Gasteiger partial charge in [0.05, 0.1) is 12.6 Å². The lowest BCUT2D eigenvalue weighted by atomic mass is 10.0. The summed E-state index contributed by atoms with van der Waals surface area (Å²) in [5.41, 5.74) is 2.50. The van der Waals surface area contributed by atoms with Crippen LogP contribution >= 0.6 is 0 Å². The van der Waals surface area contributed by atoms with Crippen LogP contribution in [0.2, 0.25) is 19.6 Å². The highest BCUT2D eigenvalue weighted by Gasteiger charge is 2.23. The van der Waals surface area contributed by atoms with E-state index in [1.165, 1.54) is 11.3 Å². The molecule has 0 radical (unpaired) electrons. The monoisotopic (exact) mass is 247 g/mol. The summed E-state index contributed by atoms with van der Waals surface area (Å²) in [6, 6.07) is 10.5. The Bertz CT molecular complexity index is 394. The predicted octanol–water partition coefficient (Wildman–Crippen LogP) is 3.49. The van der Waals surface area contributed by atoms with Gasteiger partial charge in [0, 0.05) is 5.71 Å². The fraction of sp³-hybridized carbons (Fsp3) is 0.500. The summed E-state index contributed by atoms with van der Waals surface area (Å²) in [4.78, 5) is 4.68. The molecule has 2 rings (SSSR count). The number of hydrogen-bond acceptors (Lipinski definition) is 2. The average Bonchev–Trinajstić information content (AvgIpc) is 2.29. The van der Waals surface area contributed by atoms with Crippen LogP contribution < -0.4 is 0 Å². The van der Waals surface area contributed by atoms with E-state index in [0.717, 1.165) is 19.4 Å². The lowest BCUT2D eigenvalue weighted by Crippen LogP contribution is -2.35. The molecule has 1 heterocycles. The molecule has 1 aliphatic heterocycles. The van der Waals surface area contributed by atoms with Crippen molar-refractivity contribution in [1.29, 1.82) is 0 Å². The highest BCUT2D eigenvalue weighted by molar-refractivity contribution is 6.69. The van der Waals surface area contributed by atoms with E-state index in [0.29, 0.717) is 6.10 Å². The van der Waals surface area contributed by atoms with Gasteiger partial charge in [-0.05, 0) is 38.0 Å². The fourth-order valence-corrected chi connectivity index (χ4v) is 3.33. The largest absolute Gasteiger partial charge is 0.413 e. The predicted molar refractivity (Wildman–Crippen MR) is 75.3 cm³/mol. The lowest BCUT2D eigenvalue weighted by molar-refractivity contribution is 0.190. The zero-order valence-corrected chi connectivity index (χ0v) is 11.9. The molecule has 92 valence electrons. The summed E-state index contributed by atoms with van der Waals surface area (Å²) < 4.78 is 6.09. The molecule has 1 atom stereocenters. The molecule has 0 amide bonds. The van der Waals surface area contributed by atoms with E-state index in [2.05, 4.69) is 48.9 Å². The Morgan fingerprint density at radius 1 is 1.18 bits per heavy atom. The Morgan fingerprint density at radius 3 is 2.41 bits per heavy atom. The fourth-order valence-electron chi connectivity index (χ4n) is 2.14. The zero-order chi connectivity index (χ0) is 12.3. The Hall–Kier alpha value is -0.933. The van der Waals surface area contributed by atoms with Crippen LogP contribution in [0.25, 0.3) is 0 Å². The summed E-state index contributed by atoms with van der Waals surface area (Å²) >= 11 is 0. The number of rotatable bonds is 3. The second-order valence-corrected chi connectivity index (χ2v) is 10.0. The molecule has 1 unspecified atom stereocenters. The minimum Gasteiger partial charge on any atom is -0.413 e. The third kappa shape index (κ3) is 3.79. The first-order chi connectivity index (χ1) is 8.04. The third-order valence-corrected chi connectivity index (χ3v) is 3.86. The number of aliphatic imine (C=N–C) groups is 1. The van der Waals surface area contributed by atoms with Gasteiger partial charge >= 0.3 is 0 Å². The van der Waals surface area contributed by atoms with Crippen molar-refractivity contribution in [2.45, 2.75) is 38.6 Å². The van der Waals surface area contributed by atoms with Crippen molar-refractivity contribution in [2.75, 3.05) is 6.54 Å². The van der Waals surface area contributed by atoms with Gasteiger partial charge in [-0.15, -0.1) is 0 Å². The maximum Gasteiger partial charge on any atom is 0.184 e. The molecule has 0 N–H and O–H groups in total. The molecule has 0 saturated heterocycles. The van der Waals surface area contributed by atoms with Crippen LogP contribution in [-0.4, -0.2) is 26.7 Å². The molecule has 1 aliphatic rings. The van der Waals surface area contributed by atoms with Gasteiger partial charge < -0.3 is 4.43 Å². The third-order valence-electron chi connectivity index (χ3n) is 2.82. The van der Waals surface area contributed by atoms with Crippen LogP contribution in [0, 0.1) is 0 Å². The van der Waals surface area contributed by atoms with Crippen molar-refractivity contribution in [3.8, 4) is 0 Å². The van der Waals surface area contributed by atoms with Gasteiger partial charge in [-0.25, -0.2) is 0 Å². The molecule has 1 aromatic carbocycles. The van der Waals surface area contributed by atoms with E-state index in [9.17, 15) is 0 Å². The zero-order valence-electron chi connectivity index (χ0n) is 10.9. The average molecular weight is 247 g/mol. The van der Waals surface area contributed by atoms with E-state index in [1.54, 1.807) is 0 Å². The smallest absolute Gasteiger partial charge is 0.184 e. The normalized spacial score (nSPS) is 21.1. The summed E-state index contributed by atoms with van der Waals surface area (Å²) in [5.74, 6) is 0. The van der Waals surface area contributed by atoms with E-state index < -0.39 is 8.32 Å². The number of benzene rings is 1. The van der Waals surface area contributed by atoms with Crippen LogP contribution in [0.15, 0.2) is 35.3 Å². The molecule has 0 bridgehead atoms. The molecule has 3 heteroatoms. The minimum atomic E-state index is -1.42. The van der Waals surface area contributed by atoms with Gasteiger partial charge in [-0.3, -0.25) is 4.99 Å². The Labute approximate surface area is 105 Å². The van der Waals surface area contributed by atoms with Gasteiger partial charge in [0.2, 0.25) is 0 Å². The van der Waals surface area contributed by atoms with E-state index in [4.69, 9.17) is 4.43 Å². The molecule has 2 nitrogen and oxygen atoms in total. The van der Waals surface area contributed by atoms with Gasteiger partial charge in [0.1, 0.15) is 0 Å². The van der Waals surface area contributed by atoms with Crippen molar-refractivity contribution in [3.05, 3.63) is 35.9 Å². The van der Waals surface area contributed by atoms with E-state index in [-0.39, 0.29) is 0 Å². The highest BCUT2D eigenvalue weighted by Crippen LogP contribution is 2.19. The van der Waals surface area contributed by atoms with Gasteiger partial charge in [0.15, 0.2) is 8.32 Å². The maximum atomic E-state index is 6.09. The standard InChI is InChI=1S/C14H21NOSi/c1-17(2,3)16-13-9-10-14(15-11-13)12-7-5-4-6-8-12/h4-8,13H,9-11H2,1-3H3. The SMILES string of the molecule is C[Si](C)(C)OC1CCC(c2ccccc2)=NC1. The molecule has 0 spiro atoms. The second kappa shape index (κ2) is 5.15. The first-order valence-electron chi connectivity index (χ1n) is 6.31. The van der Waals surface area contributed by atoms with Crippen molar-refractivity contribution in [3.63, 3.8) is 0 Å². The topological polar surface area (TPSA) is 21.6 Å². The summed E-state index contributed by atoms with van der Waals surface area (Å²) in [6.07, 6.45) is 2.49. The van der Waals surface area contributed by atoms with Crippen LogP contribution in [0.1, 0.15) is 18.4 Å². The quantitative estimate of drug-likeness (QED) is 0.749. The van der Waals surface area contributed by atoms with Gasteiger partial charge in [0.25, 0.3) is 0 Å². The van der Waals surface area contributed by atoms with Crippen LogP contribution in [-0.2, 0) is 4.43 Å². The molecular weight excluding hydrogens is 226 g/mol. The first kappa shape index (κ1) is 12.5. The highest BCUT2D eigenvalue weighted by atomic mass is 28.4. The van der Waals surface area contributed by atoms with Crippen LogP contribution in [0.3, 0.4) is 0 Å². The Morgan fingerprint density at radius 2 is 1.88 bits per heavy atom. The van der Waals surface area contributed by atoms with Crippen molar-refractivity contribution in [1.82, 2.24) is 0 Å². The van der Waals surface area contributed by atoms with Crippen molar-refractivity contribution < 1.29 is 4.43 Å². The van der Waals surface area contributed by atoms with Gasteiger partial charge in [-0.1, -0.05) is 30.3 Å². The summed E-state index contributed by atoms with van der Waals surface area (Å²) in [6.45, 7) is 7.55. The summed E-state index contributed by atoms with van der Waals surface area (Å²) in [5, 5.41) is 0. The van der Waals surface area contributed by atoms with Crippen LogP contribution in [0.4, 0.5) is 0 Å². The number of nitrogens with zero attached hydrogens (tertiary/aromatic N) is 1. The van der Waals surface area contributed by atoms with Crippen LogP contribution in [0.5, 0.6) is 0 Å². The lowest BCUT2D eigenvalue weighted by Gasteiger charge is -2.28. The molecule has 0 aromatic heterocycles. The Kier molecular flexibility index (Phi) is 3.79. The Balaban J connectivity index is 1.99. The number of hydrogen-bond donors (Lipinski definition) is 0. The molecule has 17 heavy (non-hydrogen) atoms.